The third-order valence-corrected chi connectivity index (χ3v) is 3.16. The van der Waals surface area contributed by atoms with Crippen LogP contribution in [0.25, 0.3) is 0 Å². The molecule has 0 spiro atoms. The number of nitrogens with two attached hydrogens (primary N) is 1. The van der Waals surface area contributed by atoms with Gasteiger partial charge in [-0.2, -0.15) is 0 Å². The summed E-state index contributed by atoms with van der Waals surface area (Å²) in [6.45, 7) is 1.49. The van der Waals surface area contributed by atoms with E-state index < -0.39 is 0 Å². The van der Waals surface area contributed by atoms with Crippen LogP contribution in [0.3, 0.4) is 0 Å². The average Bonchev–Trinajstić information content (AvgIpc) is 2.41. The summed E-state index contributed by atoms with van der Waals surface area (Å²) in [5.41, 5.74) is 6.24. The molecule has 0 saturated carbocycles. The van der Waals surface area contributed by atoms with Crippen molar-refractivity contribution in [1.82, 2.24) is 4.90 Å². The molecule has 1 unspecified atom stereocenters. The van der Waals surface area contributed by atoms with E-state index in [9.17, 15) is 9.18 Å². The number of hydrogen-bond acceptors (Lipinski definition) is 3. The largest absolute Gasteiger partial charge is 0.381 e. The van der Waals surface area contributed by atoms with Gasteiger partial charge < -0.3 is 16.0 Å². The normalized spacial score (nSPS) is 17.7. The van der Waals surface area contributed by atoms with Gasteiger partial charge in [0.05, 0.1) is 6.54 Å². The van der Waals surface area contributed by atoms with Gasteiger partial charge in [-0.15, -0.1) is 24.8 Å². The Morgan fingerprint density at radius 3 is 2.60 bits per heavy atom. The molecule has 4 nitrogen and oxygen atoms in total. The average molecular weight is 324 g/mol. The van der Waals surface area contributed by atoms with Crippen molar-refractivity contribution >= 4 is 36.4 Å². The number of benzene rings is 1. The number of nitrogens with zero attached hydrogens (tertiary/aromatic N) is 1. The number of carbonyl (C=O) groups excluding carboxylic acids is 1. The molecule has 1 saturated heterocycles. The standard InChI is InChI=1S/C13H18FN3O.2ClH/c14-10-3-5-11(6-4-10)16-12-2-1-7-17(9-12)13(18)8-15;;/h3-6,12,16H,1-2,7-9,15H2;2*1H. The zero-order valence-electron chi connectivity index (χ0n) is 11.0. The van der Waals surface area contributed by atoms with Crippen LogP contribution in [0.15, 0.2) is 24.3 Å². The van der Waals surface area contributed by atoms with Crippen LogP contribution in [0, 0.1) is 5.82 Å². The lowest BCUT2D eigenvalue weighted by molar-refractivity contribution is -0.130. The third kappa shape index (κ3) is 5.15. The van der Waals surface area contributed by atoms with Crippen molar-refractivity contribution in [3.63, 3.8) is 0 Å². The fourth-order valence-corrected chi connectivity index (χ4v) is 2.23. The number of piperidine rings is 1. The van der Waals surface area contributed by atoms with Crippen LogP contribution in [0.4, 0.5) is 10.1 Å². The molecule has 1 aromatic rings. The van der Waals surface area contributed by atoms with E-state index in [1.54, 1.807) is 17.0 Å². The second kappa shape index (κ2) is 9.00. The molecule has 0 aromatic heterocycles. The first-order valence-corrected chi connectivity index (χ1v) is 6.19. The van der Waals surface area contributed by atoms with Gasteiger partial charge in [0.15, 0.2) is 0 Å². The number of nitrogens with one attached hydrogen (secondary N) is 1. The van der Waals surface area contributed by atoms with Crippen molar-refractivity contribution in [2.75, 3.05) is 25.0 Å². The summed E-state index contributed by atoms with van der Waals surface area (Å²) in [5.74, 6) is -0.260. The summed E-state index contributed by atoms with van der Waals surface area (Å²) in [5, 5.41) is 3.32. The first-order chi connectivity index (χ1) is 8.69. The van der Waals surface area contributed by atoms with Crippen molar-refractivity contribution in [1.29, 1.82) is 0 Å². The zero-order valence-corrected chi connectivity index (χ0v) is 12.7. The Labute approximate surface area is 130 Å². The number of rotatable bonds is 3. The maximum atomic E-state index is 12.8. The number of carbonyl (C=O) groups is 1. The summed E-state index contributed by atoms with van der Waals surface area (Å²) in [7, 11) is 0. The molecule has 1 fully saturated rings. The predicted molar refractivity (Wildman–Crippen MR) is 83.2 cm³/mol. The molecule has 2 rings (SSSR count). The SMILES string of the molecule is Cl.Cl.NCC(=O)N1CCCC(Nc2ccc(F)cc2)C1. The van der Waals surface area contributed by atoms with Gasteiger partial charge in [-0.3, -0.25) is 4.79 Å². The molecule has 7 heteroatoms. The van der Waals surface area contributed by atoms with Gasteiger partial charge >= 0.3 is 0 Å². The van der Waals surface area contributed by atoms with Crippen molar-refractivity contribution in [3.8, 4) is 0 Å². The predicted octanol–water partition coefficient (Wildman–Crippen LogP) is 2.03. The van der Waals surface area contributed by atoms with Crippen molar-refractivity contribution < 1.29 is 9.18 Å². The van der Waals surface area contributed by atoms with Gasteiger partial charge in [-0.05, 0) is 37.1 Å². The van der Waals surface area contributed by atoms with E-state index in [0.717, 1.165) is 25.1 Å². The van der Waals surface area contributed by atoms with Gasteiger partial charge in [0.25, 0.3) is 0 Å². The summed E-state index contributed by atoms with van der Waals surface area (Å²) in [6, 6.07) is 6.47. The highest BCUT2D eigenvalue weighted by Gasteiger charge is 2.22. The molecular weight excluding hydrogens is 304 g/mol. The highest BCUT2D eigenvalue weighted by Crippen LogP contribution is 2.16. The van der Waals surface area contributed by atoms with Gasteiger partial charge in [0.2, 0.25) is 5.91 Å². The minimum absolute atomic E-state index is 0. The second-order valence-electron chi connectivity index (χ2n) is 4.53. The Morgan fingerprint density at radius 2 is 2.00 bits per heavy atom. The highest BCUT2D eigenvalue weighted by molar-refractivity contribution is 5.85. The summed E-state index contributed by atoms with van der Waals surface area (Å²) in [6.07, 6.45) is 1.97. The summed E-state index contributed by atoms with van der Waals surface area (Å²) in [4.78, 5) is 13.3. The first-order valence-electron chi connectivity index (χ1n) is 6.19. The quantitative estimate of drug-likeness (QED) is 0.894. The molecule has 1 heterocycles. The van der Waals surface area contributed by atoms with Crippen LogP contribution in [-0.4, -0.2) is 36.5 Å². The van der Waals surface area contributed by atoms with Crippen molar-refractivity contribution in [3.05, 3.63) is 30.1 Å². The van der Waals surface area contributed by atoms with E-state index in [0.29, 0.717) is 6.54 Å². The van der Waals surface area contributed by atoms with Gasteiger partial charge in [-0.1, -0.05) is 0 Å². The molecule has 1 aliphatic rings. The first kappa shape index (κ1) is 19.0. The Morgan fingerprint density at radius 1 is 1.35 bits per heavy atom. The number of anilines is 1. The molecule has 114 valence electrons. The van der Waals surface area contributed by atoms with E-state index in [-0.39, 0.29) is 49.1 Å². The van der Waals surface area contributed by atoms with Gasteiger partial charge in [-0.25, -0.2) is 4.39 Å². The van der Waals surface area contributed by atoms with E-state index in [2.05, 4.69) is 5.32 Å². The zero-order chi connectivity index (χ0) is 13.0. The molecule has 1 aromatic carbocycles. The van der Waals surface area contributed by atoms with E-state index in [4.69, 9.17) is 5.73 Å². The van der Waals surface area contributed by atoms with Crippen LogP contribution < -0.4 is 11.1 Å². The molecule has 1 atom stereocenters. The van der Waals surface area contributed by atoms with Crippen LogP contribution in [0.5, 0.6) is 0 Å². The second-order valence-corrected chi connectivity index (χ2v) is 4.53. The lowest BCUT2D eigenvalue weighted by atomic mass is 10.1. The lowest BCUT2D eigenvalue weighted by Gasteiger charge is -2.33. The van der Waals surface area contributed by atoms with Gasteiger partial charge in [0.1, 0.15) is 5.82 Å². The smallest absolute Gasteiger partial charge is 0.236 e. The molecule has 0 aliphatic carbocycles. The lowest BCUT2D eigenvalue weighted by Crippen LogP contribution is -2.47. The summed E-state index contributed by atoms with van der Waals surface area (Å²) >= 11 is 0. The number of amides is 1. The number of hydrogen-bond donors (Lipinski definition) is 2. The molecule has 0 radical (unpaired) electrons. The maximum Gasteiger partial charge on any atom is 0.236 e. The van der Waals surface area contributed by atoms with E-state index in [1.807, 2.05) is 0 Å². The number of likely N-dealkylation sites (tertiary alicyclic amines) is 1. The topological polar surface area (TPSA) is 58.4 Å². The molecule has 0 bridgehead atoms. The molecule has 1 aliphatic heterocycles. The minimum Gasteiger partial charge on any atom is -0.381 e. The fourth-order valence-electron chi connectivity index (χ4n) is 2.23. The van der Waals surface area contributed by atoms with Crippen LogP contribution >= 0.6 is 24.8 Å². The van der Waals surface area contributed by atoms with Crippen molar-refractivity contribution in [2.45, 2.75) is 18.9 Å². The Balaban J connectivity index is 0.00000180. The monoisotopic (exact) mass is 323 g/mol. The molecule has 1 amide bonds. The molecule has 3 N–H and O–H groups in total. The Hall–Kier alpha value is -1.04. The fraction of sp³-hybridized carbons (Fsp3) is 0.462. The van der Waals surface area contributed by atoms with Crippen LogP contribution in [0.2, 0.25) is 0 Å². The third-order valence-electron chi connectivity index (χ3n) is 3.16. The van der Waals surface area contributed by atoms with E-state index >= 15 is 0 Å². The van der Waals surface area contributed by atoms with Crippen molar-refractivity contribution in [2.24, 2.45) is 5.73 Å². The molecular formula is C13H20Cl2FN3O. The van der Waals surface area contributed by atoms with Crippen LogP contribution in [0.1, 0.15) is 12.8 Å². The Kier molecular flexibility index (Phi) is 8.53. The summed E-state index contributed by atoms with van der Waals surface area (Å²) < 4.78 is 12.8. The van der Waals surface area contributed by atoms with Gasteiger partial charge in [0, 0.05) is 24.8 Å². The molecule has 20 heavy (non-hydrogen) atoms. The minimum atomic E-state index is -0.246. The van der Waals surface area contributed by atoms with E-state index in [1.165, 1.54) is 12.1 Å². The van der Waals surface area contributed by atoms with Crippen LogP contribution in [-0.2, 0) is 4.79 Å². The maximum absolute atomic E-state index is 12.8. The number of halogens is 3. The Bertz CT molecular complexity index is 417. The highest BCUT2D eigenvalue weighted by atomic mass is 35.5.